The maximum absolute atomic E-state index is 13.5. The number of nitrogens with zero attached hydrogens (tertiary/aromatic N) is 2. The fraction of sp³-hybridized carbons (Fsp3) is 0.273. The van der Waals surface area contributed by atoms with Gasteiger partial charge in [0, 0.05) is 18.4 Å². The van der Waals surface area contributed by atoms with E-state index in [1.165, 1.54) is 31.5 Å². The molecule has 174 valence electrons. The Morgan fingerprint density at radius 3 is 2.33 bits per heavy atom. The fourth-order valence-corrected chi connectivity index (χ4v) is 3.16. The normalized spacial score (nSPS) is 12.9. The van der Waals surface area contributed by atoms with Gasteiger partial charge in [0.15, 0.2) is 5.54 Å². The Morgan fingerprint density at radius 1 is 1.21 bits per heavy atom. The van der Waals surface area contributed by atoms with Crippen molar-refractivity contribution in [2.45, 2.75) is 32.5 Å². The van der Waals surface area contributed by atoms with Crippen molar-refractivity contribution in [1.82, 2.24) is 9.88 Å². The van der Waals surface area contributed by atoms with Crippen LogP contribution in [0.5, 0.6) is 0 Å². The molecular formula is C22H20F4N4O3. The third-order valence-corrected chi connectivity index (χ3v) is 5.29. The number of nitrogens with one attached hydrogen (secondary N) is 2. The molecule has 7 nitrogen and oxygen atoms in total. The van der Waals surface area contributed by atoms with Crippen molar-refractivity contribution >= 4 is 23.3 Å². The Hall–Kier alpha value is -3.94. The summed E-state index contributed by atoms with van der Waals surface area (Å²) in [7, 11) is 1.43. The van der Waals surface area contributed by atoms with E-state index in [1.54, 1.807) is 11.4 Å². The van der Waals surface area contributed by atoms with Crippen LogP contribution < -0.4 is 10.6 Å². The first-order chi connectivity index (χ1) is 15.2. The van der Waals surface area contributed by atoms with Crippen molar-refractivity contribution < 1.29 is 31.9 Å². The Labute approximate surface area is 186 Å². The van der Waals surface area contributed by atoms with Gasteiger partial charge in [-0.1, -0.05) is 6.08 Å². The molecule has 0 unspecified atom stereocenters. The zero-order chi connectivity index (χ0) is 25.3. The number of nitriles is 1. The van der Waals surface area contributed by atoms with Gasteiger partial charge in [-0.05, 0) is 44.5 Å². The summed E-state index contributed by atoms with van der Waals surface area (Å²) in [5, 5.41) is 13.0. The lowest BCUT2D eigenvalue weighted by Crippen LogP contribution is -2.56. The highest BCUT2D eigenvalue weighted by atomic mass is 19.4. The Bertz CT molecular complexity index is 1210. The molecule has 0 bridgehead atoms. The molecule has 1 atom stereocenters. The number of hydrogen-bond acceptors (Lipinski definition) is 4. The molecule has 2 aromatic rings. The van der Waals surface area contributed by atoms with Gasteiger partial charge in [-0.25, -0.2) is 4.39 Å². The maximum atomic E-state index is 13.5. The van der Waals surface area contributed by atoms with Crippen LogP contribution in [0, 0.1) is 31.0 Å². The average molecular weight is 464 g/mol. The number of amides is 2. The summed E-state index contributed by atoms with van der Waals surface area (Å²) in [5.74, 6) is -4.29. The summed E-state index contributed by atoms with van der Waals surface area (Å²) < 4.78 is 54.6. The molecule has 2 N–H and O–H groups in total. The van der Waals surface area contributed by atoms with Gasteiger partial charge < -0.3 is 15.2 Å². The molecule has 0 aliphatic heterocycles. The number of anilines is 1. The first-order valence-electron chi connectivity index (χ1n) is 9.42. The highest BCUT2D eigenvalue weighted by Gasteiger charge is 2.51. The van der Waals surface area contributed by atoms with E-state index in [-0.39, 0.29) is 33.8 Å². The van der Waals surface area contributed by atoms with Crippen LogP contribution in [-0.4, -0.2) is 33.9 Å². The highest BCUT2D eigenvalue weighted by Crippen LogP contribution is 2.31. The van der Waals surface area contributed by atoms with Crippen LogP contribution in [0.1, 0.15) is 44.6 Å². The molecule has 0 saturated heterocycles. The van der Waals surface area contributed by atoms with E-state index in [2.05, 4.69) is 11.9 Å². The number of halogens is 4. The molecule has 33 heavy (non-hydrogen) atoms. The van der Waals surface area contributed by atoms with Gasteiger partial charge in [0.2, 0.25) is 0 Å². The number of aromatic nitrogens is 1. The van der Waals surface area contributed by atoms with Crippen molar-refractivity contribution in [3.8, 4) is 6.07 Å². The number of rotatable bonds is 6. The maximum Gasteiger partial charge on any atom is 0.414 e. The van der Waals surface area contributed by atoms with Crippen molar-refractivity contribution in [2.75, 3.05) is 5.32 Å². The van der Waals surface area contributed by atoms with Crippen molar-refractivity contribution in [3.05, 3.63) is 64.7 Å². The van der Waals surface area contributed by atoms with Crippen molar-refractivity contribution in [1.29, 1.82) is 5.26 Å². The average Bonchev–Trinajstić information content (AvgIpc) is 2.96. The van der Waals surface area contributed by atoms with Crippen LogP contribution in [0.2, 0.25) is 0 Å². The van der Waals surface area contributed by atoms with E-state index in [9.17, 15) is 31.9 Å². The minimum Gasteiger partial charge on any atom is -0.343 e. The lowest BCUT2D eigenvalue weighted by atomic mass is 9.99. The monoisotopic (exact) mass is 464 g/mol. The zero-order valence-corrected chi connectivity index (χ0v) is 18.1. The molecule has 2 rings (SSSR count). The Kier molecular flexibility index (Phi) is 6.83. The molecule has 1 aromatic carbocycles. The molecular weight excluding hydrogens is 444 g/mol. The number of benzene rings is 1. The number of carbonyl (C=O) groups is 3. The summed E-state index contributed by atoms with van der Waals surface area (Å²) in [6, 6.07) is 4.98. The second kappa shape index (κ2) is 8.90. The summed E-state index contributed by atoms with van der Waals surface area (Å²) >= 11 is 0. The van der Waals surface area contributed by atoms with Gasteiger partial charge in [0.1, 0.15) is 17.6 Å². The number of carbonyl (C=O) groups excluding carboxylic acids is 3. The summed E-state index contributed by atoms with van der Waals surface area (Å²) in [4.78, 5) is 37.9. The fourth-order valence-electron chi connectivity index (χ4n) is 3.16. The van der Waals surface area contributed by atoms with Gasteiger partial charge in [-0.2, -0.15) is 18.4 Å². The first-order valence-corrected chi connectivity index (χ1v) is 9.42. The van der Waals surface area contributed by atoms with Crippen LogP contribution in [0.4, 0.5) is 23.2 Å². The molecule has 0 fully saturated rings. The van der Waals surface area contributed by atoms with Gasteiger partial charge in [-0.3, -0.25) is 14.4 Å². The predicted octanol–water partition coefficient (Wildman–Crippen LogP) is 3.71. The second-order valence-electron chi connectivity index (χ2n) is 7.44. The number of hydrogen-bond donors (Lipinski definition) is 2. The minimum atomic E-state index is -4.89. The number of Topliss-reactive ketones (excluding diaryl/α,β-unsaturated/α-hetero) is 1. The molecule has 0 spiro atoms. The van der Waals surface area contributed by atoms with Crippen LogP contribution in [0.15, 0.2) is 30.9 Å². The van der Waals surface area contributed by atoms with E-state index in [1.807, 2.05) is 0 Å². The van der Waals surface area contributed by atoms with E-state index in [0.717, 1.165) is 12.1 Å². The Morgan fingerprint density at radius 2 is 1.82 bits per heavy atom. The van der Waals surface area contributed by atoms with E-state index in [4.69, 9.17) is 5.26 Å². The van der Waals surface area contributed by atoms with E-state index >= 15 is 0 Å². The Balaban J connectivity index is 2.40. The van der Waals surface area contributed by atoms with E-state index < -0.39 is 35.1 Å². The molecule has 1 heterocycles. The molecule has 0 aliphatic carbocycles. The van der Waals surface area contributed by atoms with Crippen molar-refractivity contribution in [3.63, 3.8) is 0 Å². The molecule has 0 aliphatic rings. The molecule has 2 amide bonds. The number of ketones is 1. The predicted molar refractivity (Wildman–Crippen MR) is 111 cm³/mol. The molecule has 1 aromatic heterocycles. The quantitative estimate of drug-likeness (QED) is 0.294. The summed E-state index contributed by atoms with van der Waals surface area (Å²) in [5.41, 5.74) is -3.08. The largest absolute Gasteiger partial charge is 0.414 e. The van der Waals surface area contributed by atoms with Gasteiger partial charge in [0.05, 0.1) is 11.1 Å². The SMILES string of the molecule is C=C[C@@](C)(NC(=O)C(=O)c1c(C)c(C(=O)Nc2ccc(F)c(C#N)c2)n(C)c1C)C(F)(F)F. The van der Waals surface area contributed by atoms with Crippen LogP contribution in [-0.2, 0) is 11.8 Å². The standard InChI is InChI=1S/C22H20F4N4O3/c1-6-21(4,22(24,25)26)29-20(33)18(31)16-11(2)17(30(5)12(16)3)19(32)28-14-7-8-15(23)13(9-14)10-27/h6-9H,1H2,2-5H3,(H,28,32)(H,29,33)/t21-/m1/s1. The van der Waals surface area contributed by atoms with E-state index in [0.29, 0.717) is 13.0 Å². The third-order valence-electron chi connectivity index (χ3n) is 5.29. The molecule has 11 heteroatoms. The van der Waals surface area contributed by atoms with Crippen molar-refractivity contribution in [2.24, 2.45) is 7.05 Å². The van der Waals surface area contributed by atoms with Gasteiger partial charge in [-0.15, -0.1) is 6.58 Å². The summed E-state index contributed by atoms with van der Waals surface area (Å²) in [6.07, 6.45) is -4.42. The van der Waals surface area contributed by atoms with Gasteiger partial charge >= 0.3 is 6.18 Å². The minimum absolute atomic E-state index is 0.0474. The first kappa shape index (κ1) is 25.3. The highest BCUT2D eigenvalue weighted by molar-refractivity contribution is 6.43. The van der Waals surface area contributed by atoms with Crippen LogP contribution in [0.3, 0.4) is 0 Å². The molecule has 0 saturated carbocycles. The summed E-state index contributed by atoms with van der Waals surface area (Å²) in [6.45, 7) is 6.52. The topological polar surface area (TPSA) is 104 Å². The van der Waals surface area contributed by atoms with Gasteiger partial charge in [0.25, 0.3) is 17.6 Å². The van der Waals surface area contributed by atoms with Crippen LogP contribution >= 0.6 is 0 Å². The number of alkyl halides is 3. The zero-order valence-electron chi connectivity index (χ0n) is 18.1. The van der Waals surface area contributed by atoms with Crippen LogP contribution in [0.25, 0.3) is 0 Å². The smallest absolute Gasteiger partial charge is 0.343 e. The lowest BCUT2D eigenvalue weighted by molar-refractivity contribution is -0.178. The molecule has 0 radical (unpaired) electrons. The third kappa shape index (κ3) is 4.64. The second-order valence-corrected chi connectivity index (χ2v) is 7.44. The lowest BCUT2D eigenvalue weighted by Gasteiger charge is -2.29.